The predicted octanol–water partition coefficient (Wildman–Crippen LogP) is 2.03. The molecule has 13 heavy (non-hydrogen) atoms. The summed E-state index contributed by atoms with van der Waals surface area (Å²) in [7, 11) is 2.04. The van der Waals surface area contributed by atoms with Gasteiger partial charge >= 0.3 is 0 Å². The Kier molecular flexibility index (Phi) is 2.23. The maximum absolute atomic E-state index is 6.06. The van der Waals surface area contributed by atoms with Crippen LogP contribution in [0.1, 0.15) is 5.56 Å². The average molecular weight is 195 g/mol. The number of benzene rings is 1. The Labute approximate surface area is 82.8 Å². The van der Waals surface area contributed by atoms with Crippen molar-refractivity contribution < 1.29 is 0 Å². The summed E-state index contributed by atoms with van der Waals surface area (Å²) in [6.45, 7) is 1.86. The Balaban J connectivity index is 2.40. The van der Waals surface area contributed by atoms with E-state index in [-0.39, 0.29) is 0 Å². The second-order valence-corrected chi connectivity index (χ2v) is 3.51. The van der Waals surface area contributed by atoms with Gasteiger partial charge in [0.2, 0.25) is 0 Å². The fourth-order valence-corrected chi connectivity index (χ4v) is 1.69. The highest BCUT2D eigenvalue weighted by molar-refractivity contribution is 6.34. The van der Waals surface area contributed by atoms with E-state index in [1.165, 1.54) is 0 Å². The summed E-state index contributed by atoms with van der Waals surface area (Å²) in [4.78, 5) is 6.53. The topological polar surface area (TPSA) is 15.6 Å². The molecule has 0 atom stereocenters. The molecule has 0 unspecified atom stereocenters. The first-order valence-electron chi connectivity index (χ1n) is 4.29. The van der Waals surface area contributed by atoms with Crippen molar-refractivity contribution in [2.75, 3.05) is 20.1 Å². The van der Waals surface area contributed by atoms with E-state index in [2.05, 4.69) is 9.89 Å². The van der Waals surface area contributed by atoms with Crippen LogP contribution in [0.2, 0.25) is 5.02 Å². The molecule has 1 aliphatic heterocycles. The van der Waals surface area contributed by atoms with Gasteiger partial charge in [-0.3, -0.25) is 4.99 Å². The van der Waals surface area contributed by atoms with E-state index in [0.29, 0.717) is 0 Å². The third-order valence-electron chi connectivity index (χ3n) is 2.17. The van der Waals surface area contributed by atoms with E-state index < -0.39 is 0 Å². The van der Waals surface area contributed by atoms with Crippen molar-refractivity contribution >= 4 is 17.4 Å². The van der Waals surface area contributed by atoms with Crippen LogP contribution < -0.4 is 0 Å². The van der Waals surface area contributed by atoms with E-state index in [1.807, 2.05) is 31.3 Å². The summed E-state index contributed by atoms with van der Waals surface area (Å²) in [5, 5.41) is 0.773. The fourth-order valence-electron chi connectivity index (χ4n) is 1.47. The zero-order valence-electron chi connectivity index (χ0n) is 7.50. The van der Waals surface area contributed by atoms with Gasteiger partial charge in [0.15, 0.2) is 0 Å². The van der Waals surface area contributed by atoms with Crippen molar-refractivity contribution in [3.05, 3.63) is 34.9 Å². The predicted molar refractivity (Wildman–Crippen MR) is 55.5 cm³/mol. The highest BCUT2D eigenvalue weighted by Crippen LogP contribution is 2.18. The molecule has 2 nitrogen and oxygen atoms in total. The molecule has 0 N–H and O–H groups in total. The fraction of sp³-hybridized carbons (Fsp3) is 0.300. The average Bonchev–Trinajstić information content (AvgIpc) is 2.52. The molecule has 0 fully saturated rings. The van der Waals surface area contributed by atoms with E-state index >= 15 is 0 Å². The molecule has 1 aliphatic rings. The van der Waals surface area contributed by atoms with Crippen LogP contribution in [0.5, 0.6) is 0 Å². The smallest absolute Gasteiger partial charge is 0.132 e. The van der Waals surface area contributed by atoms with Crippen LogP contribution in [0, 0.1) is 0 Å². The van der Waals surface area contributed by atoms with Crippen LogP contribution in [0.15, 0.2) is 29.3 Å². The first-order valence-corrected chi connectivity index (χ1v) is 4.67. The quantitative estimate of drug-likeness (QED) is 0.668. The number of amidine groups is 1. The number of hydrogen-bond acceptors (Lipinski definition) is 2. The summed E-state index contributed by atoms with van der Waals surface area (Å²) < 4.78 is 0. The zero-order valence-corrected chi connectivity index (χ0v) is 8.25. The number of halogens is 1. The van der Waals surface area contributed by atoms with E-state index in [9.17, 15) is 0 Å². The lowest BCUT2D eigenvalue weighted by molar-refractivity contribution is 0.557. The molecule has 2 rings (SSSR count). The van der Waals surface area contributed by atoms with Crippen LogP contribution in [-0.4, -0.2) is 30.9 Å². The number of likely N-dealkylation sites (N-methyl/N-ethyl adjacent to an activating group) is 1. The monoisotopic (exact) mass is 194 g/mol. The van der Waals surface area contributed by atoms with Gasteiger partial charge in [-0.15, -0.1) is 0 Å². The van der Waals surface area contributed by atoms with Crippen molar-refractivity contribution in [1.29, 1.82) is 0 Å². The number of hydrogen-bond donors (Lipinski definition) is 0. The Morgan fingerprint density at radius 2 is 2.15 bits per heavy atom. The molecule has 0 spiro atoms. The van der Waals surface area contributed by atoms with Crippen molar-refractivity contribution in [3.8, 4) is 0 Å². The third kappa shape index (κ3) is 1.54. The molecule has 0 amide bonds. The van der Waals surface area contributed by atoms with Crippen molar-refractivity contribution in [3.63, 3.8) is 0 Å². The normalized spacial score (nSPS) is 16.2. The minimum absolute atomic E-state index is 0.773. The molecule has 3 heteroatoms. The molecule has 0 saturated carbocycles. The molecule has 0 aliphatic carbocycles. The van der Waals surface area contributed by atoms with Crippen molar-refractivity contribution in [2.45, 2.75) is 0 Å². The van der Waals surface area contributed by atoms with Gasteiger partial charge in [-0.25, -0.2) is 0 Å². The summed E-state index contributed by atoms with van der Waals surface area (Å²) in [5.41, 5.74) is 1.03. The maximum atomic E-state index is 6.06. The lowest BCUT2D eigenvalue weighted by Gasteiger charge is -2.14. The third-order valence-corrected chi connectivity index (χ3v) is 2.50. The molecule has 68 valence electrons. The minimum Gasteiger partial charge on any atom is -0.358 e. The second kappa shape index (κ2) is 3.38. The standard InChI is InChI=1S/C10H11ClN2/c1-13-7-6-12-10(13)8-4-2-3-5-9(8)11/h2-5H,6-7H2,1H3. The van der Waals surface area contributed by atoms with Crippen LogP contribution in [0.3, 0.4) is 0 Å². The Bertz CT molecular complexity index is 347. The summed E-state index contributed by atoms with van der Waals surface area (Å²) in [6.07, 6.45) is 0. The van der Waals surface area contributed by atoms with Crippen molar-refractivity contribution in [1.82, 2.24) is 4.90 Å². The SMILES string of the molecule is CN1CCN=C1c1ccccc1Cl. The van der Waals surface area contributed by atoms with Crippen LogP contribution in [-0.2, 0) is 0 Å². The molecule has 0 radical (unpaired) electrons. The Morgan fingerprint density at radius 3 is 2.77 bits per heavy atom. The van der Waals surface area contributed by atoms with E-state index in [0.717, 1.165) is 29.5 Å². The van der Waals surface area contributed by atoms with E-state index in [1.54, 1.807) is 0 Å². The van der Waals surface area contributed by atoms with Crippen LogP contribution in [0.25, 0.3) is 0 Å². The van der Waals surface area contributed by atoms with Gasteiger partial charge in [0.05, 0.1) is 11.6 Å². The van der Waals surface area contributed by atoms with Gasteiger partial charge in [0, 0.05) is 19.2 Å². The molecule has 0 saturated heterocycles. The van der Waals surface area contributed by atoms with Crippen LogP contribution in [0.4, 0.5) is 0 Å². The first kappa shape index (κ1) is 8.57. The molecular weight excluding hydrogens is 184 g/mol. The molecule has 1 aromatic rings. The first-order chi connectivity index (χ1) is 6.29. The Hall–Kier alpha value is -1.02. The highest BCUT2D eigenvalue weighted by atomic mass is 35.5. The van der Waals surface area contributed by atoms with Gasteiger partial charge < -0.3 is 4.90 Å². The summed E-state index contributed by atoms with van der Waals surface area (Å²) in [6, 6.07) is 7.81. The molecule has 0 aromatic heterocycles. The number of rotatable bonds is 1. The van der Waals surface area contributed by atoms with E-state index in [4.69, 9.17) is 11.6 Å². The molecule has 1 heterocycles. The lowest BCUT2D eigenvalue weighted by atomic mass is 10.2. The second-order valence-electron chi connectivity index (χ2n) is 3.11. The summed E-state index contributed by atoms with van der Waals surface area (Å²) >= 11 is 6.06. The van der Waals surface area contributed by atoms with Gasteiger partial charge in [-0.05, 0) is 12.1 Å². The minimum atomic E-state index is 0.773. The van der Waals surface area contributed by atoms with Gasteiger partial charge in [-0.1, -0.05) is 23.7 Å². The molecule has 0 bridgehead atoms. The van der Waals surface area contributed by atoms with Gasteiger partial charge in [0.25, 0.3) is 0 Å². The zero-order chi connectivity index (χ0) is 9.26. The summed E-state index contributed by atoms with van der Waals surface area (Å²) in [5.74, 6) is 1.01. The number of nitrogens with zero attached hydrogens (tertiary/aromatic N) is 2. The maximum Gasteiger partial charge on any atom is 0.132 e. The van der Waals surface area contributed by atoms with Gasteiger partial charge in [0.1, 0.15) is 5.84 Å². The van der Waals surface area contributed by atoms with Crippen LogP contribution >= 0.6 is 11.6 Å². The molecule has 1 aromatic carbocycles. The number of aliphatic imine (C=N–C) groups is 1. The highest BCUT2D eigenvalue weighted by Gasteiger charge is 2.16. The van der Waals surface area contributed by atoms with Crippen molar-refractivity contribution in [2.24, 2.45) is 4.99 Å². The lowest BCUT2D eigenvalue weighted by Crippen LogP contribution is -2.23. The Morgan fingerprint density at radius 1 is 1.38 bits per heavy atom. The molecular formula is C10H11ClN2. The largest absolute Gasteiger partial charge is 0.358 e. The van der Waals surface area contributed by atoms with Gasteiger partial charge in [-0.2, -0.15) is 0 Å².